The fourth-order valence-electron chi connectivity index (χ4n) is 1.11. The van der Waals surface area contributed by atoms with Crippen LogP contribution in [0, 0.1) is 0 Å². The summed E-state index contributed by atoms with van der Waals surface area (Å²) in [6.45, 7) is 8.41. The number of halogens is 1. The summed E-state index contributed by atoms with van der Waals surface area (Å²) < 4.78 is 5.05. The lowest BCUT2D eigenvalue weighted by Gasteiger charge is -2.05. The minimum atomic E-state index is -0.172. The second kappa shape index (κ2) is 10.7. The van der Waals surface area contributed by atoms with Crippen LogP contribution >= 0.6 is 11.8 Å². The van der Waals surface area contributed by atoms with E-state index in [1.165, 1.54) is 0 Å². The number of ether oxygens (including phenoxy) is 1. The maximum atomic E-state index is 11.2. The standard InChI is InChI=1S/C12H20ClNO2/c1-3-4-5-6-9-16-12(15)8-7-11(2)10-14-13/h3,14H,1-2,4-10H2. The number of carbonyl (C=O) groups is 1. The molecule has 0 amide bonds. The Hall–Kier alpha value is -0.800. The zero-order chi connectivity index (χ0) is 12.2. The lowest BCUT2D eigenvalue weighted by molar-refractivity contribution is -0.143. The molecular weight excluding hydrogens is 226 g/mol. The van der Waals surface area contributed by atoms with E-state index in [1.807, 2.05) is 6.08 Å². The summed E-state index contributed by atoms with van der Waals surface area (Å²) in [7, 11) is 0. The average Bonchev–Trinajstić information content (AvgIpc) is 2.26. The van der Waals surface area contributed by atoms with Crippen LogP contribution in [0.3, 0.4) is 0 Å². The zero-order valence-electron chi connectivity index (χ0n) is 9.64. The molecule has 0 rings (SSSR count). The quantitative estimate of drug-likeness (QED) is 0.278. The van der Waals surface area contributed by atoms with E-state index in [1.54, 1.807) is 0 Å². The average molecular weight is 246 g/mol. The SMILES string of the molecule is C=CCCCCOC(=O)CCC(=C)CNCl. The zero-order valence-corrected chi connectivity index (χ0v) is 10.4. The van der Waals surface area contributed by atoms with Crippen LogP contribution in [-0.4, -0.2) is 19.1 Å². The summed E-state index contributed by atoms with van der Waals surface area (Å²) in [5, 5.41) is 0. The number of rotatable bonds is 10. The molecule has 0 aliphatic heterocycles. The molecular formula is C12H20ClNO2. The minimum absolute atomic E-state index is 0.172. The van der Waals surface area contributed by atoms with Crippen LogP contribution < -0.4 is 4.84 Å². The minimum Gasteiger partial charge on any atom is -0.466 e. The third-order valence-corrected chi connectivity index (χ3v) is 2.20. The van der Waals surface area contributed by atoms with Gasteiger partial charge in [-0.3, -0.25) is 4.79 Å². The molecule has 92 valence electrons. The van der Waals surface area contributed by atoms with Crippen LogP contribution in [0.4, 0.5) is 0 Å². The van der Waals surface area contributed by atoms with Crippen molar-refractivity contribution in [3.8, 4) is 0 Å². The van der Waals surface area contributed by atoms with Crippen LogP contribution in [0.5, 0.6) is 0 Å². The van der Waals surface area contributed by atoms with Gasteiger partial charge in [0.25, 0.3) is 0 Å². The molecule has 0 spiro atoms. The van der Waals surface area contributed by atoms with Crippen molar-refractivity contribution >= 4 is 17.7 Å². The number of nitrogens with one attached hydrogen (secondary N) is 1. The third kappa shape index (κ3) is 9.74. The van der Waals surface area contributed by atoms with Crippen LogP contribution in [0.2, 0.25) is 0 Å². The highest BCUT2D eigenvalue weighted by Crippen LogP contribution is 2.04. The molecule has 0 atom stereocenters. The van der Waals surface area contributed by atoms with Gasteiger partial charge < -0.3 is 4.74 Å². The smallest absolute Gasteiger partial charge is 0.306 e. The molecule has 0 aromatic carbocycles. The Bertz CT molecular complexity index is 229. The van der Waals surface area contributed by atoms with E-state index >= 15 is 0 Å². The Kier molecular flexibility index (Phi) is 10.2. The van der Waals surface area contributed by atoms with Gasteiger partial charge in [0.15, 0.2) is 0 Å². The molecule has 0 heterocycles. The van der Waals surface area contributed by atoms with Crippen molar-refractivity contribution in [3.63, 3.8) is 0 Å². The normalized spacial score (nSPS) is 9.81. The Morgan fingerprint density at radius 2 is 2.12 bits per heavy atom. The number of unbranched alkanes of at least 4 members (excludes halogenated alkanes) is 2. The van der Waals surface area contributed by atoms with Crippen LogP contribution in [0.25, 0.3) is 0 Å². The monoisotopic (exact) mass is 245 g/mol. The molecule has 0 aromatic heterocycles. The summed E-state index contributed by atoms with van der Waals surface area (Å²) >= 11 is 5.31. The molecule has 4 heteroatoms. The third-order valence-electron chi connectivity index (χ3n) is 2.07. The second-order valence-corrected chi connectivity index (χ2v) is 3.83. The molecule has 1 N–H and O–H groups in total. The van der Waals surface area contributed by atoms with Crippen molar-refractivity contribution in [2.24, 2.45) is 0 Å². The molecule has 0 saturated carbocycles. The number of hydrogen-bond donors (Lipinski definition) is 1. The Morgan fingerprint density at radius 3 is 2.75 bits per heavy atom. The summed E-state index contributed by atoms with van der Waals surface area (Å²) in [5.74, 6) is -0.172. The fraction of sp³-hybridized carbons (Fsp3) is 0.583. The first-order chi connectivity index (χ1) is 7.70. The van der Waals surface area contributed by atoms with Crippen LogP contribution in [0.1, 0.15) is 32.1 Å². The predicted molar refractivity (Wildman–Crippen MR) is 67.2 cm³/mol. The van der Waals surface area contributed by atoms with E-state index in [0.717, 1.165) is 24.8 Å². The van der Waals surface area contributed by atoms with E-state index in [9.17, 15) is 4.79 Å². The van der Waals surface area contributed by atoms with Crippen molar-refractivity contribution < 1.29 is 9.53 Å². The van der Waals surface area contributed by atoms with Gasteiger partial charge >= 0.3 is 5.97 Å². The second-order valence-electron chi connectivity index (χ2n) is 3.57. The van der Waals surface area contributed by atoms with Crippen LogP contribution in [0.15, 0.2) is 24.8 Å². The van der Waals surface area contributed by atoms with E-state index in [-0.39, 0.29) is 5.97 Å². The van der Waals surface area contributed by atoms with Gasteiger partial charge in [-0.15, -0.1) is 6.58 Å². The highest BCUT2D eigenvalue weighted by Gasteiger charge is 2.03. The molecule has 0 fully saturated rings. The first-order valence-electron chi connectivity index (χ1n) is 5.47. The van der Waals surface area contributed by atoms with Crippen LogP contribution in [-0.2, 0) is 9.53 Å². The van der Waals surface area contributed by atoms with Gasteiger partial charge in [-0.2, -0.15) is 0 Å². The predicted octanol–water partition coefficient (Wildman–Crippen LogP) is 2.97. The number of carbonyl (C=O) groups excluding carboxylic acids is 1. The number of allylic oxidation sites excluding steroid dienone is 1. The molecule has 0 bridgehead atoms. The van der Waals surface area contributed by atoms with Gasteiger partial charge in [0.1, 0.15) is 0 Å². The van der Waals surface area contributed by atoms with Gasteiger partial charge in [-0.05, 0) is 37.5 Å². The lowest BCUT2D eigenvalue weighted by atomic mass is 10.2. The maximum Gasteiger partial charge on any atom is 0.306 e. The molecule has 0 aliphatic rings. The van der Waals surface area contributed by atoms with Gasteiger partial charge in [0.2, 0.25) is 0 Å². The van der Waals surface area contributed by atoms with E-state index in [2.05, 4.69) is 18.0 Å². The Morgan fingerprint density at radius 1 is 1.38 bits per heavy atom. The van der Waals surface area contributed by atoms with Gasteiger partial charge in [0.05, 0.1) is 6.61 Å². The summed E-state index contributed by atoms with van der Waals surface area (Å²) in [6, 6.07) is 0. The summed E-state index contributed by atoms with van der Waals surface area (Å²) in [6.07, 6.45) is 5.73. The first-order valence-corrected chi connectivity index (χ1v) is 5.85. The van der Waals surface area contributed by atoms with E-state index in [0.29, 0.717) is 26.0 Å². The molecule has 0 aliphatic carbocycles. The molecule has 16 heavy (non-hydrogen) atoms. The summed E-state index contributed by atoms with van der Waals surface area (Å²) in [4.78, 5) is 13.7. The molecule has 0 saturated heterocycles. The largest absolute Gasteiger partial charge is 0.466 e. The topological polar surface area (TPSA) is 38.3 Å². The first kappa shape index (κ1) is 15.2. The number of hydrogen-bond acceptors (Lipinski definition) is 3. The van der Waals surface area contributed by atoms with Crippen molar-refractivity contribution in [1.29, 1.82) is 0 Å². The van der Waals surface area contributed by atoms with Gasteiger partial charge in [-0.1, -0.05) is 18.2 Å². The van der Waals surface area contributed by atoms with E-state index in [4.69, 9.17) is 16.5 Å². The molecule has 0 aromatic rings. The Labute approximate surface area is 103 Å². The fourth-order valence-corrected chi connectivity index (χ4v) is 1.30. The highest BCUT2D eigenvalue weighted by atomic mass is 35.5. The van der Waals surface area contributed by atoms with Crippen molar-refractivity contribution in [2.75, 3.05) is 13.2 Å². The van der Waals surface area contributed by atoms with Gasteiger partial charge in [0, 0.05) is 13.0 Å². The van der Waals surface area contributed by atoms with E-state index < -0.39 is 0 Å². The Balaban J connectivity index is 3.37. The molecule has 0 unspecified atom stereocenters. The highest BCUT2D eigenvalue weighted by molar-refractivity contribution is 6.13. The number of esters is 1. The van der Waals surface area contributed by atoms with Crippen molar-refractivity contribution in [3.05, 3.63) is 24.8 Å². The van der Waals surface area contributed by atoms with Crippen molar-refractivity contribution in [2.45, 2.75) is 32.1 Å². The summed E-state index contributed by atoms with van der Waals surface area (Å²) in [5.41, 5.74) is 0.901. The molecule has 0 radical (unpaired) electrons. The lowest BCUT2D eigenvalue weighted by Crippen LogP contribution is -2.09. The molecule has 3 nitrogen and oxygen atoms in total. The maximum absolute atomic E-state index is 11.2. The van der Waals surface area contributed by atoms with Crippen molar-refractivity contribution in [1.82, 2.24) is 4.84 Å². The van der Waals surface area contributed by atoms with Gasteiger partial charge in [-0.25, -0.2) is 4.84 Å².